The number of para-hydroxylation sites is 3. The van der Waals surface area contributed by atoms with Crippen molar-refractivity contribution in [2.75, 3.05) is 0 Å². The van der Waals surface area contributed by atoms with Crippen LogP contribution < -0.4 is 0 Å². The monoisotopic (exact) mass is 596 g/mol. The minimum atomic E-state index is 0.655. The van der Waals surface area contributed by atoms with Gasteiger partial charge >= 0.3 is 0 Å². The fourth-order valence-corrected chi connectivity index (χ4v) is 7.53. The first-order valence-corrected chi connectivity index (χ1v) is 15.9. The molecule has 0 bridgehead atoms. The van der Waals surface area contributed by atoms with Crippen LogP contribution in [0.25, 0.3) is 82.4 Å². The van der Waals surface area contributed by atoms with Gasteiger partial charge in [0, 0.05) is 21.9 Å². The first-order chi connectivity index (χ1) is 23.3. The van der Waals surface area contributed by atoms with Gasteiger partial charge in [0.2, 0.25) is 0 Å². The van der Waals surface area contributed by atoms with E-state index < -0.39 is 0 Å². The van der Waals surface area contributed by atoms with Crippen molar-refractivity contribution in [3.63, 3.8) is 0 Å². The molecular formula is C45H28N2. The Hall–Kier alpha value is -6.43. The molecule has 0 radical (unpaired) electrons. The van der Waals surface area contributed by atoms with Crippen molar-refractivity contribution in [3.05, 3.63) is 175 Å². The Morgan fingerprint density at radius 3 is 1.43 bits per heavy atom. The molecule has 0 saturated carbocycles. The second kappa shape index (κ2) is 10.9. The highest BCUT2D eigenvalue weighted by Gasteiger charge is 2.23. The third kappa shape index (κ3) is 4.11. The van der Waals surface area contributed by atoms with E-state index in [1.54, 1.807) is 0 Å². The number of nitrogens with zero attached hydrogens (tertiary/aromatic N) is 2. The van der Waals surface area contributed by atoms with E-state index in [9.17, 15) is 5.26 Å². The fraction of sp³-hybridized carbons (Fsp3) is 0. The maximum Gasteiger partial charge on any atom is 0.0998 e. The van der Waals surface area contributed by atoms with Crippen LogP contribution in [0.2, 0.25) is 0 Å². The lowest BCUT2D eigenvalue weighted by molar-refractivity contribution is 1.18. The molecule has 47 heavy (non-hydrogen) atoms. The summed E-state index contributed by atoms with van der Waals surface area (Å²) in [5.74, 6) is 0. The summed E-state index contributed by atoms with van der Waals surface area (Å²) in [5.41, 5.74) is 10.6. The minimum Gasteiger partial charge on any atom is -0.309 e. The van der Waals surface area contributed by atoms with Crippen LogP contribution in [-0.4, -0.2) is 4.57 Å². The lowest BCUT2D eigenvalue weighted by atomic mass is 9.82. The molecule has 2 heteroatoms. The maximum absolute atomic E-state index is 10.7. The predicted molar refractivity (Wildman–Crippen MR) is 197 cm³/mol. The van der Waals surface area contributed by atoms with E-state index in [2.05, 4.69) is 168 Å². The molecule has 2 nitrogen and oxygen atoms in total. The first-order valence-electron chi connectivity index (χ1n) is 15.9. The summed E-state index contributed by atoms with van der Waals surface area (Å²) in [6.45, 7) is 0. The Morgan fingerprint density at radius 1 is 0.362 bits per heavy atom. The van der Waals surface area contributed by atoms with Crippen LogP contribution in [0.1, 0.15) is 5.56 Å². The van der Waals surface area contributed by atoms with Gasteiger partial charge in [-0.25, -0.2) is 0 Å². The predicted octanol–water partition coefficient (Wildman–Crippen LogP) is 12.0. The van der Waals surface area contributed by atoms with E-state index in [0.717, 1.165) is 49.7 Å². The van der Waals surface area contributed by atoms with E-state index in [0.29, 0.717) is 5.56 Å². The topological polar surface area (TPSA) is 28.7 Å². The normalized spacial score (nSPS) is 11.4. The first kappa shape index (κ1) is 26.9. The number of nitriles is 1. The molecule has 0 N–H and O–H groups in total. The number of hydrogen-bond acceptors (Lipinski definition) is 1. The van der Waals surface area contributed by atoms with Crippen LogP contribution in [0.15, 0.2) is 170 Å². The van der Waals surface area contributed by atoms with Gasteiger partial charge < -0.3 is 4.57 Å². The summed E-state index contributed by atoms with van der Waals surface area (Å²) in [6.07, 6.45) is 0. The van der Waals surface area contributed by atoms with Crippen LogP contribution in [0.3, 0.4) is 0 Å². The summed E-state index contributed by atoms with van der Waals surface area (Å²) < 4.78 is 2.37. The summed E-state index contributed by atoms with van der Waals surface area (Å²) in [4.78, 5) is 0. The maximum atomic E-state index is 10.7. The Labute approximate surface area is 273 Å². The van der Waals surface area contributed by atoms with Crippen molar-refractivity contribution in [1.29, 1.82) is 5.26 Å². The second-order valence-electron chi connectivity index (χ2n) is 11.9. The van der Waals surface area contributed by atoms with Crippen LogP contribution >= 0.6 is 0 Å². The third-order valence-corrected chi connectivity index (χ3v) is 9.44. The number of benzene rings is 8. The molecule has 218 valence electrons. The van der Waals surface area contributed by atoms with Crippen LogP contribution in [-0.2, 0) is 0 Å². The molecule has 0 aliphatic heterocycles. The van der Waals surface area contributed by atoms with Crippen molar-refractivity contribution in [2.24, 2.45) is 0 Å². The fourth-order valence-electron chi connectivity index (χ4n) is 7.53. The summed E-state index contributed by atoms with van der Waals surface area (Å²) in [7, 11) is 0. The third-order valence-electron chi connectivity index (χ3n) is 9.44. The largest absolute Gasteiger partial charge is 0.309 e. The second-order valence-corrected chi connectivity index (χ2v) is 11.9. The van der Waals surface area contributed by atoms with Gasteiger partial charge in [0.15, 0.2) is 0 Å². The van der Waals surface area contributed by atoms with Gasteiger partial charge in [0.25, 0.3) is 0 Å². The molecule has 1 aromatic heterocycles. The van der Waals surface area contributed by atoms with Gasteiger partial charge in [0.1, 0.15) is 0 Å². The molecule has 0 spiro atoms. The highest BCUT2D eigenvalue weighted by Crippen LogP contribution is 2.48. The summed E-state index contributed by atoms with van der Waals surface area (Å²) in [6, 6.07) is 62.5. The molecule has 8 aromatic carbocycles. The van der Waals surface area contributed by atoms with E-state index in [1.165, 1.54) is 32.7 Å². The molecule has 0 aliphatic rings. The van der Waals surface area contributed by atoms with E-state index >= 15 is 0 Å². The molecule has 1 heterocycles. The highest BCUT2D eigenvalue weighted by molar-refractivity contribution is 6.23. The Balaban J connectivity index is 1.42. The van der Waals surface area contributed by atoms with Gasteiger partial charge in [-0.3, -0.25) is 0 Å². The van der Waals surface area contributed by atoms with Crippen LogP contribution in [0, 0.1) is 11.3 Å². The Bertz CT molecular complexity index is 2580. The lowest BCUT2D eigenvalue weighted by Gasteiger charge is -2.22. The van der Waals surface area contributed by atoms with Gasteiger partial charge in [0.05, 0.1) is 28.4 Å². The van der Waals surface area contributed by atoms with Gasteiger partial charge in [-0.15, -0.1) is 0 Å². The molecule has 0 aliphatic carbocycles. The smallest absolute Gasteiger partial charge is 0.0998 e. The molecule has 0 amide bonds. The standard InChI is InChI=1S/C45H28N2/c46-29-31-17-14-25-35(34-20-10-13-28-42(34)47-40-26-11-8-18-32(40)33-19-9-12-27-41(33)47)44(31)45-38-23-6-4-21-36(38)43(30-15-2-1-3-16-30)37-22-5-7-24-39(37)45/h1-28H. The zero-order valence-corrected chi connectivity index (χ0v) is 25.6. The molecule has 9 aromatic rings. The highest BCUT2D eigenvalue weighted by atomic mass is 15.0. The van der Waals surface area contributed by atoms with Crippen molar-refractivity contribution in [1.82, 2.24) is 4.57 Å². The molecular weight excluding hydrogens is 569 g/mol. The number of aromatic nitrogens is 1. The number of hydrogen-bond donors (Lipinski definition) is 0. The van der Waals surface area contributed by atoms with Crippen molar-refractivity contribution >= 4 is 43.4 Å². The molecule has 0 atom stereocenters. The minimum absolute atomic E-state index is 0.655. The summed E-state index contributed by atoms with van der Waals surface area (Å²) in [5, 5.41) is 17.7. The van der Waals surface area contributed by atoms with E-state index in [1.807, 2.05) is 12.1 Å². The Morgan fingerprint density at radius 2 is 0.830 bits per heavy atom. The van der Waals surface area contributed by atoms with E-state index in [4.69, 9.17) is 0 Å². The zero-order valence-electron chi connectivity index (χ0n) is 25.6. The Kier molecular flexibility index (Phi) is 6.23. The van der Waals surface area contributed by atoms with Crippen molar-refractivity contribution in [2.45, 2.75) is 0 Å². The van der Waals surface area contributed by atoms with Crippen molar-refractivity contribution < 1.29 is 0 Å². The van der Waals surface area contributed by atoms with Crippen LogP contribution in [0.5, 0.6) is 0 Å². The van der Waals surface area contributed by atoms with E-state index in [-0.39, 0.29) is 0 Å². The van der Waals surface area contributed by atoms with Gasteiger partial charge in [-0.1, -0.05) is 146 Å². The number of rotatable bonds is 4. The lowest BCUT2D eigenvalue weighted by Crippen LogP contribution is -2.00. The van der Waals surface area contributed by atoms with Gasteiger partial charge in [-0.05, 0) is 68.1 Å². The van der Waals surface area contributed by atoms with Gasteiger partial charge in [-0.2, -0.15) is 5.26 Å². The SMILES string of the molecule is N#Cc1cccc(-c2ccccc2-n2c3ccccc3c3ccccc32)c1-c1c2ccccc2c(-c2ccccc2)c2ccccc12. The quantitative estimate of drug-likeness (QED) is 0.186. The molecule has 0 saturated heterocycles. The zero-order chi connectivity index (χ0) is 31.3. The van der Waals surface area contributed by atoms with Crippen LogP contribution in [0.4, 0.5) is 0 Å². The molecule has 0 unspecified atom stereocenters. The summed E-state index contributed by atoms with van der Waals surface area (Å²) >= 11 is 0. The average Bonchev–Trinajstić information content (AvgIpc) is 3.48. The number of fused-ring (bicyclic) bond motifs is 5. The molecule has 9 rings (SSSR count). The van der Waals surface area contributed by atoms with Crippen molar-refractivity contribution in [3.8, 4) is 45.1 Å². The molecule has 0 fully saturated rings. The average molecular weight is 597 g/mol.